The van der Waals surface area contributed by atoms with Gasteiger partial charge in [0, 0.05) is 11.8 Å². The molecule has 1 heterocycles. The van der Waals surface area contributed by atoms with Crippen molar-refractivity contribution in [2.24, 2.45) is 5.92 Å². The van der Waals surface area contributed by atoms with E-state index in [2.05, 4.69) is 11.9 Å². The lowest BCUT2D eigenvalue weighted by atomic mass is 9.93. The SMILES string of the molecule is CC(=O)c1nc2c(s1)CC(C)CC2. The summed E-state index contributed by atoms with van der Waals surface area (Å²) in [5, 5.41) is 0.694. The topological polar surface area (TPSA) is 30.0 Å². The zero-order valence-corrected chi connectivity index (χ0v) is 8.78. The van der Waals surface area contributed by atoms with Gasteiger partial charge in [-0.15, -0.1) is 11.3 Å². The highest BCUT2D eigenvalue weighted by Gasteiger charge is 2.20. The van der Waals surface area contributed by atoms with Crippen LogP contribution in [0.1, 0.15) is 40.6 Å². The van der Waals surface area contributed by atoms with Crippen molar-refractivity contribution in [1.82, 2.24) is 4.98 Å². The molecule has 0 bridgehead atoms. The Morgan fingerprint density at radius 2 is 2.38 bits per heavy atom. The molecule has 70 valence electrons. The predicted molar refractivity (Wildman–Crippen MR) is 53.3 cm³/mol. The second-order valence-corrected chi connectivity index (χ2v) is 4.88. The van der Waals surface area contributed by atoms with Crippen LogP contribution < -0.4 is 0 Å². The Morgan fingerprint density at radius 1 is 1.62 bits per heavy atom. The number of thiazole rings is 1. The molecule has 1 unspecified atom stereocenters. The lowest BCUT2D eigenvalue weighted by molar-refractivity contribution is 0.101. The maximum absolute atomic E-state index is 11.1. The van der Waals surface area contributed by atoms with Gasteiger partial charge in [0.1, 0.15) is 0 Å². The van der Waals surface area contributed by atoms with E-state index in [-0.39, 0.29) is 5.78 Å². The molecule has 0 spiro atoms. The van der Waals surface area contributed by atoms with Gasteiger partial charge < -0.3 is 0 Å². The van der Waals surface area contributed by atoms with E-state index in [1.54, 1.807) is 18.3 Å². The van der Waals surface area contributed by atoms with Crippen LogP contribution >= 0.6 is 11.3 Å². The lowest BCUT2D eigenvalue weighted by Gasteiger charge is -2.15. The molecule has 1 aromatic rings. The van der Waals surface area contributed by atoms with E-state index in [9.17, 15) is 4.79 Å². The molecule has 2 rings (SSSR count). The summed E-state index contributed by atoms with van der Waals surface area (Å²) in [6.45, 7) is 3.85. The van der Waals surface area contributed by atoms with Crippen LogP contribution in [0.25, 0.3) is 0 Å². The smallest absolute Gasteiger partial charge is 0.188 e. The van der Waals surface area contributed by atoms with Gasteiger partial charge >= 0.3 is 0 Å². The summed E-state index contributed by atoms with van der Waals surface area (Å²) < 4.78 is 0. The highest BCUT2D eigenvalue weighted by molar-refractivity contribution is 7.13. The Morgan fingerprint density at radius 3 is 3.08 bits per heavy atom. The van der Waals surface area contributed by atoms with Crippen LogP contribution in [0, 0.1) is 5.92 Å². The molecule has 0 saturated carbocycles. The van der Waals surface area contributed by atoms with Crippen molar-refractivity contribution in [2.45, 2.75) is 33.1 Å². The van der Waals surface area contributed by atoms with Gasteiger partial charge in [-0.2, -0.15) is 0 Å². The summed E-state index contributed by atoms with van der Waals surface area (Å²) in [7, 11) is 0. The number of carbonyl (C=O) groups excluding carboxylic acids is 1. The number of nitrogens with zero attached hydrogens (tertiary/aromatic N) is 1. The highest BCUT2D eigenvalue weighted by Crippen LogP contribution is 2.29. The number of hydrogen-bond acceptors (Lipinski definition) is 3. The first kappa shape index (κ1) is 8.88. The average molecular weight is 195 g/mol. The molecule has 0 N–H and O–H groups in total. The third kappa shape index (κ3) is 1.66. The minimum Gasteiger partial charge on any atom is -0.292 e. The third-order valence-electron chi connectivity index (χ3n) is 2.49. The van der Waals surface area contributed by atoms with E-state index in [4.69, 9.17) is 0 Å². The van der Waals surface area contributed by atoms with E-state index in [1.807, 2.05) is 0 Å². The third-order valence-corrected chi connectivity index (χ3v) is 3.71. The van der Waals surface area contributed by atoms with Crippen LogP contribution in [0.15, 0.2) is 0 Å². The van der Waals surface area contributed by atoms with Crippen molar-refractivity contribution >= 4 is 17.1 Å². The van der Waals surface area contributed by atoms with E-state index >= 15 is 0 Å². The van der Waals surface area contributed by atoms with E-state index in [0.29, 0.717) is 5.01 Å². The predicted octanol–water partition coefficient (Wildman–Crippen LogP) is 2.47. The fraction of sp³-hybridized carbons (Fsp3) is 0.600. The average Bonchev–Trinajstić information content (AvgIpc) is 2.46. The largest absolute Gasteiger partial charge is 0.292 e. The summed E-state index contributed by atoms with van der Waals surface area (Å²) in [6.07, 6.45) is 3.38. The molecule has 1 atom stereocenters. The number of rotatable bonds is 1. The van der Waals surface area contributed by atoms with Crippen LogP contribution in [0.2, 0.25) is 0 Å². The minimum absolute atomic E-state index is 0.104. The zero-order valence-electron chi connectivity index (χ0n) is 7.96. The highest BCUT2D eigenvalue weighted by atomic mass is 32.1. The van der Waals surface area contributed by atoms with Crippen molar-refractivity contribution in [1.29, 1.82) is 0 Å². The van der Waals surface area contributed by atoms with Gasteiger partial charge in [-0.1, -0.05) is 6.92 Å². The monoisotopic (exact) mass is 195 g/mol. The van der Waals surface area contributed by atoms with E-state index < -0.39 is 0 Å². The van der Waals surface area contributed by atoms with E-state index in [0.717, 1.165) is 18.8 Å². The van der Waals surface area contributed by atoms with Crippen molar-refractivity contribution < 1.29 is 4.79 Å². The Hall–Kier alpha value is -0.700. The van der Waals surface area contributed by atoms with Crippen molar-refractivity contribution in [3.05, 3.63) is 15.6 Å². The van der Waals surface area contributed by atoms with Gasteiger partial charge in [0.25, 0.3) is 0 Å². The van der Waals surface area contributed by atoms with Crippen molar-refractivity contribution in [3.8, 4) is 0 Å². The lowest BCUT2D eigenvalue weighted by Crippen LogP contribution is -2.09. The molecular weight excluding hydrogens is 182 g/mol. The first-order chi connectivity index (χ1) is 6.16. The molecule has 2 nitrogen and oxygen atoms in total. The summed E-state index contributed by atoms with van der Waals surface area (Å²) >= 11 is 1.59. The fourth-order valence-corrected chi connectivity index (χ4v) is 2.86. The van der Waals surface area contributed by atoms with Crippen LogP contribution in [0.4, 0.5) is 0 Å². The Labute approximate surface area is 82.0 Å². The summed E-state index contributed by atoms with van der Waals surface area (Å²) in [6, 6.07) is 0. The van der Waals surface area contributed by atoms with Crippen molar-refractivity contribution in [3.63, 3.8) is 0 Å². The van der Waals surface area contributed by atoms with Gasteiger partial charge in [0.05, 0.1) is 5.69 Å². The van der Waals surface area contributed by atoms with Crippen LogP contribution in [-0.4, -0.2) is 10.8 Å². The molecule has 0 saturated heterocycles. The first-order valence-corrected chi connectivity index (χ1v) is 5.48. The Balaban J connectivity index is 2.33. The van der Waals surface area contributed by atoms with Gasteiger partial charge in [0.15, 0.2) is 10.8 Å². The number of carbonyl (C=O) groups is 1. The second kappa shape index (κ2) is 3.22. The maximum atomic E-state index is 11.1. The molecule has 0 aromatic carbocycles. The first-order valence-electron chi connectivity index (χ1n) is 4.66. The summed E-state index contributed by atoms with van der Waals surface area (Å²) in [4.78, 5) is 16.8. The van der Waals surface area contributed by atoms with Crippen LogP contribution in [0.3, 0.4) is 0 Å². The summed E-state index contributed by atoms with van der Waals surface area (Å²) in [5.74, 6) is 0.861. The molecule has 1 aliphatic carbocycles. The molecule has 0 fully saturated rings. The molecule has 0 amide bonds. The molecule has 0 radical (unpaired) electrons. The van der Waals surface area contributed by atoms with Crippen molar-refractivity contribution in [2.75, 3.05) is 0 Å². The molecular formula is C10H13NOS. The Bertz CT molecular complexity index is 343. The number of ketones is 1. The van der Waals surface area contributed by atoms with Crippen LogP contribution in [0.5, 0.6) is 0 Å². The minimum atomic E-state index is 0.104. The second-order valence-electron chi connectivity index (χ2n) is 3.79. The number of fused-ring (bicyclic) bond motifs is 1. The van der Waals surface area contributed by atoms with Gasteiger partial charge in [-0.3, -0.25) is 4.79 Å². The van der Waals surface area contributed by atoms with Crippen LogP contribution in [-0.2, 0) is 12.8 Å². The van der Waals surface area contributed by atoms with E-state index in [1.165, 1.54) is 17.0 Å². The number of aryl methyl sites for hydroxylation is 1. The number of aromatic nitrogens is 1. The number of hydrogen-bond donors (Lipinski definition) is 0. The maximum Gasteiger partial charge on any atom is 0.188 e. The zero-order chi connectivity index (χ0) is 9.42. The summed E-state index contributed by atoms with van der Waals surface area (Å²) in [5.41, 5.74) is 1.17. The standard InChI is InChI=1S/C10H13NOS/c1-6-3-4-8-9(5-6)13-10(11-8)7(2)12/h6H,3-5H2,1-2H3. The van der Waals surface area contributed by atoms with Gasteiger partial charge in [-0.25, -0.2) is 4.98 Å². The molecule has 0 aliphatic heterocycles. The van der Waals surface area contributed by atoms with Gasteiger partial charge in [0.2, 0.25) is 0 Å². The quantitative estimate of drug-likeness (QED) is 0.644. The molecule has 3 heteroatoms. The molecule has 13 heavy (non-hydrogen) atoms. The Kier molecular flexibility index (Phi) is 2.20. The van der Waals surface area contributed by atoms with Gasteiger partial charge in [-0.05, 0) is 25.2 Å². The molecule has 1 aromatic heterocycles. The number of Topliss-reactive ketones (excluding diaryl/α,β-unsaturated/α-hetero) is 1. The fourth-order valence-electron chi connectivity index (χ4n) is 1.69. The normalized spacial score (nSPS) is 21.2. The molecule has 1 aliphatic rings.